The lowest BCUT2D eigenvalue weighted by molar-refractivity contribution is -0.118. The number of hydrogen-bond donors (Lipinski definition) is 1. The Hall–Kier alpha value is -1.98. The number of aryl methyl sites for hydroxylation is 2. The predicted molar refractivity (Wildman–Crippen MR) is 136 cm³/mol. The summed E-state index contributed by atoms with van der Waals surface area (Å²) in [6.45, 7) is 4.25. The van der Waals surface area contributed by atoms with Crippen LogP contribution in [0.1, 0.15) is 22.5 Å². The van der Waals surface area contributed by atoms with Crippen molar-refractivity contribution in [2.45, 2.75) is 25.6 Å². The molecule has 0 unspecified atom stereocenters. The molecule has 6 nitrogen and oxygen atoms in total. The van der Waals surface area contributed by atoms with E-state index >= 15 is 0 Å². The molecule has 0 saturated heterocycles. The van der Waals surface area contributed by atoms with Gasteiger partial charge >= 0.3 is 0 Å². The van der Waals surface area contributed by atoms with Crippen LogP contribution < -0.4 is 10.2 Å². The second-order valence-electron chi connectivity index (χ2n) is 6.61. The lowest BCUT2D eigenvalue weighted by Gasteiger charge is -2.10. The van der Waals surface area contributed by atoms with Crippen LogP contribution in [-0.2, 0) is 11.4 Å². The molecule has 0 spiro atoms. The van der Waals surface area contributed by atoms with E-state index in [0.717, 1.165) is 27.0 Å². The molecule has 0 atom stereocenters. The average molecular weight is 611 g/mol. The van der Waals surface area contributed by atoms with Gasteiger partial charge in [-0.3, -0.25) is 4.79 Å². The number of carbonyl (C=O) groups excluding carboxylic acids is 1. The summed E-state index contributed by atoms with van der Waals surface area (Å²) in [7, 11) is 0. The van der Waals surface area contributed by atoms with Crippen LogP contribution in [0.4, 0.5) is 0 Å². The standard InChI is InChI=1S/C22H20BrIN4O2S/c1-14-9-15(2)27-22(26-14)31-13-21(29)28-25-11-17-10-18(23)5-8-20(17)30-12-16-3-6-19(24)7-4-16/h3-11H,12-13H2,1-2H3,(H,28,29)/b25-11-. The van der Waals surface area contributed by atoms with Crippen LogP contribution in [0.25, 0.3) is 0 Å². The molecule has 1 heterocycles. The van der Waals surface area contributed by atoms with Gasteiger partial charge in [0, 0.05) is 25.0 Å². The highest BCUT2D eigenvalue weighted by Crippen LogP contribution is 2.23. The van der Waals surface area contributed by atoms with Gasteiger partial charge in [-0.2, -0.15) is 5.10 Å². The number of thioether (sulfide) groups is 1. The fourth-order valence-corrected chi connectivity index (χ4v) is 4.07. The Bertz CT molecular complexity index is 1070. The van der Waals surface area contributed by atoms with Gasteiger partial charge in [0.05, 0.1) is 12.0 Å². The number of nitrogens with zero attached hydrogens (tertiary/aromatic N) is 3. The normalized spacial score (nSPS) is 11.0. The van der Waals surface area contributed by atoms with E-state index in [4.69, 9.17) is 4.74 Å². The molecular formula is C22H20BrIN4O2S. The summed E-state index contributed by atoms with van der Waals surface area (Å²) in [5.74, 6) is 0.618. The third-order valence-corrected chi connectivity index (χ3v) is 6.03. The summed E-state index contributed by atoms with van der Waals surface area (Å²) >= 11 is 7.01. The van der Waals surface area contributed by atoms with E-state index in [1.807, 2.05) is 62.4 Å². The summed E-state index contributed by atoms with van der Waals surface area (Å²) in [6.07, 6.45) is 1.57. The molecule has 0 radical (unpaired) electrons. The van der Waals surface area contributed by atoms with Gasteiger partial charge in [0.2, 0.25) is 0 Å². The van der Waals surface area contributed by atoms with Gasteiger partial charge in [-0.1, -0.05) is 39.8 Å². The van der Waals surface area contributed by atoms with Crippen LogP contribution in [0.2, 0.25) is 0 Å². The molecule has 31 heavy (non-hydrogen) atoms. The smallest absolute Gasteiger partial charge is 0.250 e. The fourth-order valence-electron chi connectivity index (χ4n) is 2.59. The number of halogens is 2. The van der Waals surface area contributed by atoms with E-state index in [2.05, 4.69) is 59.0 Å². The quantitative estimate of drug-likeness (QED) is 0.123. The third kappa shape index (κ3) is 7.89. The minimum absolute atomic E-state index is 0.175. The zero-order chi connectivity index (χ0) is 22.2. The molecule has 1 amide bonds. The molecule has 0 bridgehead atoms. The zero-order valence-corrected chi connectivity index (χ0v) is 21.5. The van der Waals surface area contributed by atoms with Crippen LogP contribution in [-0.4, -0.2) is 27.8 Å². The molecule has 0 aliphatic heterocycles. The van der Waals surface area contributed by atoms with Crippen molar-refractivity contribution in [2.24, 2.45) is 5.10 Å². The Labute approximate surface area is 207 Å². The Morgan fingerprint density at radius 3 is 2.58 bits per heavy atom. The number of carbonyl (C=O) groups is 1. The van der Waals surface area contributed by atoms with E-state index in [1.165, 1.54) is 15.3 Å². The van der Waals surface area contributed by atoms with Crippen molar-refractivity contribution in [2.75, 3.05) is 5.75 Å². The monoisotopic (exact) mass is 610 g/mol. The topological polar surface area (TPSA) is 76.5 Å². The Kier molecular flexibility index (Phi) is 8.85. The molecule has 0 fully saturated rings. The largest absolute Gasteiger partial charge is 0.488 e. The van der Waals surface area contributed by atoms with Crippen molar-refractivity contribution in [1.29, 1.82) is 0 Å². The highest BCUT2D eigenvalue weighted by molar-refractivity contribution is 14.1. The first kappa shape index (κ1) is 23.7. The minimum Gasteiger partial charge on any atom is -0.488 e. The van der Waals surface area contributed by atoms with Crippen LogP contribution >= 0.6 is 50.3 Å². The van der Waals surface area contributed by atoms with Crippen LogP contribution in [0.5, 0.6) is 5.75 Å². The van der Waals surface area contributed by atoms with Crippen molar-refractivity contribution in [1.82, 2.24) is 15.4 Å². The number of benzene rings is 2. The number of hydrazone groups is 1. The maximum atomic E-state index is 12.1. The average Bonchev–Trinajstić information content (AvgIpc) is 2.72. The molecular weight excluding hydrogens is 591 g/mol. The molecule has 9 heteroatoms. The summed E-state index contributed by atoms with van der Waals surface area (Å²) in [6, 6.07) is 15.7. The maximum absolute atomic E-state index is 12.1. The molecule has 3 aromatic rings. The summed E-state index contributed by atoms with van der Waals surface area (Å²) in [4.78, 5) is 20.8. The van der Waals surface area contributed by atoms with E-state index in [-0.39, 0.29) is 11.7 Å². The van der Waals surface area contributed by atoms with Crippen molar-refractivity contribution in [3.63, 3.8) is 0 Å². The highest BCUT2D eigenvalue weighted by Gasteiger charge is 2.07. The molecule has 0 aliphatic carbocycles. The number of hydrogen-bond acceptors (Lipinski definition) is 6. The molecule has 160 valence electrons. The van der Waals surface area contributed by atoms with Crippen LogP contribution in [0.3, 0.4) is 0 Å². The van der Waals surface area contributed by atoms with Gasteiger partial charge in [0.25, 0.3) is 5.91 Å². The van der Waals surface area contributed by atoms with Gasteiger partial charge in [-0.15, -0.1) is 0 Å². The summed E-state index contributed by atoms with van der Waals surface area (Å²) < 4.78 is 8.03. The lowest BCUT2D eigenvalue weighted by atomic mass is 10.2. The summed E-state index contributed by atoms with van der Waals surface area (Å²) in [5.41, 5.74) is 6.12. The van der Waals surface area contributed by atoms with Crippen molar-refractivity contribution < 1.29 is 9.53 Å². The summed E-state index contributed by atoms with van der Waals surface area (Å²) in [5, 5.41) is 4.66. The Balaban J connectivity index is 1.57. The first-order chi connectivity index (χ1) is 14.9. The third-order valence-electron chi connectivity index (χ3n) is 3.97. The van der Waals surface area contributed by atoms with Gasteiger partial charge in [0.1, 0.15) is 12.4 Å². The lowest BCUT2D eigenvalue weighted by Crippen LogP contribution is -2.20. The zero-order valence-electron chi connectivity index (χ0n) is 16.9. The van der Waals surface area contributed by atoms with Crippen LogP contribution in [0, 0.1) is 17.4 Å². The van der Waals surface area contributed by atoms with Gasteiger partial charge < -0.3 is 4.74 Å². The van der Waals surface area contributed by atoms with Crippen molar-refractivity contribution >= 4 is 62.4 Å². The number of rotatable bonds is 8. The number of ether oxygens (including phenoxy) is 1. The van der Waals surface area contributed by atoms with Crippen LogP contribution in [0.15, 0.2) is 63.3 Å². The van der Waals surface area contributed by atoms with E-state index in [0.29, 0.717) is 17.5 Å². The van der Waals surface area contributed by atoms with Crippen molar-refractivity contribution in [3.05, 3.63) is 79.1 Å². The fraction of sp³-hybridized carbons (Fsp3) is 0.182. The van der Waals surface area contributed by atoms with Gasteiger partial charge in [-0.25, -0.2) is 15.4 Å². The number of nitrogens with one attached hydrogen (secondary N) is 1. The van der Waals surface area contributed by atoms with Gasteiger partial charge in [0.15, 0.2) is 5.16 Å². The highest BCUT2D eigenvalue weighted by atomic mass is 127. The minimum atomic E-state index is -0.236. The van der Waals surface area contributed by atoms with E-state index < -0.39 is 0 Å². The Morgan fingerprint density at radius 2 is 1.87 bits per heavy atom. The first-order valence-corrected chi connectivity index (χ1v) is 12.2. The predicted octanol–water partition coefficient (Wildman–Crippen LogP) is 5.28. The maximum Gasteiger partial charge on any atom is 0.250 e. The molecule has 1 aromatic heterocycles. The molecule has 3 rings (SSSR count). The molecule has 1 N–H and O–H groups in total. The van der Waals surface area contributed by atoms with Gasteiger partial charge in [-0.05, 0) is 78.4 Å². The second kappa shape index (κ2) is 11.6. The molecule has 2 aromatic carbocycles. The van der Waals surface area contributed by atoms with E-state index in [1.54, 1.807) is 6.21 Å². The number of amides is 1. The second-order valence-corrected chi connectivity index (χ2v) is 9.72. The molecule has 0 aliphatic rings. The van der Waals surface area contributed by atoms with E-state index in [9.17, 15) is 4.79 Å². The van der Waals surface area contributed by atoms with Crippen molar-refractivity contribution in [3.8, 4) is 5.75 Å². The molecule has 0 saturated carbocycles. The first-order valence-electron chi connectivity index (χ1n) is 9.33. The Morgan fingerprint density at radius 1 is 1.16 bits per heavy atom. The number of aromatic nitrogens is 2. The SMILES string of the molecule is Cc1cc(C)nc(SCC(=O)N/N=C\c2cc(Br)ccc2OCc2ccc(I)cc2)n1.